The number of carbonyl (C=O) groups excluding carboxylic acids is 1. The molecule has 0 aromatic heterocycles. The molecule has 0 rings (SSSR count). The largest absolute Gasteiger partial charge is 0.396 e. The minimum Gasteiger partial charge on any atom is -0.396 e. The summed E-state index contributed by atoms with van der Waals surface area (Å²) in [5, 5.41) is 8.51. The van der Waals surface area contributed by atoms with E-state index in [0.717, 1.165) is 12.8 Å². The van der Waals surface area contributed by atoms with Gasteiger partial charge in [-0.1, -0.05) is 18.8 Å². The maximum absolute atomic E-state index is 11.1. The lowest BCUT2D eigenvalue weighted by molar-refractivity contribution is -0.119. The van der Waals surface area contributed by atoms with Crippen molar-refractivity contribution in [2.75, 3.05) is 6.61 Å². The van der Waals surface area contributed by atoms with Gasteiger partial charge < -0.3 is 5.11 Å². The molecule has 0 aromatic carbocycles. The summed E-state index contributed by atoms with van der Waals surface area (Å²) in [5.41, 5.74) is 0. The third-order valence-electron chi connectivity index (χ3n) is 1.76. The van der Waals surface area contributed by atoms with Gasteiger partial charge in [0.2, 0.25) is 0 Å². The van der Waals surface area contributed by atoms with Crippen molar-refractivity contribution in [2.24, 2.45) is 0 Å². The summed E-state index contributed by atoms with van der Waals surface area (Å²) >= 11 is 0. The fourth-order valence-electron chi connectivity index (χ4n) is 0.942. The predicted octanol–water partition coefficient (Wildman–Crippen LogP) is 1.92. The molecule has 0 bridgehead atoms. The van der Waals surface area contributed by atoms with E-state index in [1.165, 1.54) is 0 Å². The third kappa shape index (κ3) is 10.7. The second-order valence-corrected chi connectivity index (χ2v) is 3.22. The van der Waals surface area contributed by atoms with E-state index in [1.54, 1.807) is 0 Å². The van der Waals surface area contributed by atoms with Crippen LogP contribution >= 0.6 is 0 Å². The van der Waals surface area contributed by atoms with Crippen LogP contribution in [0.1, 0.15) is 45.4 Å². The van der Waals surface area contributed by atoms with E-state index in [9.17, 15) is 4.79 Å². The van der Waals surface area contributed by atoms with E-state index in [4.69, 9.17) is 5.11 Å². The Morgan fingerprint density at radius 2 is 1.80 bits per heavy atom. The Kier molecular flexibility index (Phi) is 9.93. The first-order chi connectivity index (χ1) is 7.31. The smallest absolute Gasteiger partial charge is 0.133 e. The van der Waals surface area contributed by atoms with Crippen LogP contribution in [0.2, 0.25) is 0 Å². The number of aliphatic hydroxyl groups is 1. The van der Waals surface area contributed by atoms with Crippen LogP contribution in [0.3, 0.4) is 0 Å². The summed E-state index contributed by atoms with van der Waals surface area (Å²) in [4.78, 5) is 11.1. The van der Waals surface area contributed by atoms with E-state index < -0.39 is 0 Å². The van der Waals surface area contributed by atoms with Crippen LogP contribution in [-0.4, -0.2) is 17.5 Å². The van der Waals surface area contributed by atoms with Gasteiger partial charge >= 0.3 is 0 Å². The lowest BCUT2D eigenvalue weighted by Crippen LogP contribution is -1.98. The van der Waals surface area contributed by atoms with Gasteiger partial charge in [-0.25, -0.2) is 0 Å². The standard InChI is InChI=1S/C13H18O2/c1-2-3-4-5-6-7-8-10-13(15)11-9-12-14/h14H,2-3,8-12H2,1H3. The maximum atomic E-state index is 11.1. The highest BCUT2D eigenvalue weighted by atomic mass is 16.3. The fraction of sp³-hybridized carbons (Fsp3) is 0.615. The number of hydrogen-bond acceptors (Lipinski definition) is 2. The van der Waals surface area contributed by atoms with Crippen LogP contribution in [0, 0.1) is 23.7 Å². The summed E-state index contributed by atoms with van der Waals surface area (Å²) in [7, 11) is 0. The predicted molar refractivity (Wildman–Crippen MR) is 61.0 cm³/mol. The monoisotopic (exact) mass is 206 g/mol. The lowest BCUT2D eigenvalue weighted by Gasteiger charge is -1.93. The minimum absolute atomic E-state index is 0.0832. The highest BCUT2D eigenvalue weighted by Gasteiger charge is 1.98. The molecule has 0 unspecified atom stereocenters. The minimum atomic E-state index is 0.0832. The van der Waals surface area contributed by atoms with Crippen molar-refractivity contribution >= 4 is 5.78 Å². The Bertz CT molecular complexity index is 283. The molecule has 0 radical (unpaired) electrons. The fourth-order valence-corrected chi connectivity index (χ4v) is 0.942. The summed E-state index contributed by atoms with van der Waals surface area (Å²) in [6, 6.07) is 0. The molecule has 0 atom stereocenters. The molecule has 2 heteroatoms. The lowest BCUT2D eigenvalue weighted by atomic mass is 10.1. The van der Waals surface area contributed by atoms with Crippen LogP contribution in [-0.2, 0) is 4.79 Å². The zero-order valence-electron chi connectivity index (χ0n) is 9.31. The molecule has 1 N–H and O–H groups in total. The normalized spacial score (nSPS) is 8.40. The summed E-state index contributed by atoms with van der Waals surface area (Å²) in [6.07, 6.45) is 3.99. The van der Waals surface area contributed by atoms with Crippen LogP contribution in [0.25, 0.3) is 0 Å². The average molecular weight is 206 g/mol. The van der Waals surface area contributed by atoms with Gasteiger partial charge in [0, 0.05) is 32.3 Å². The molecule has 82 valence electrons. The average Bonchev–Trinajstić information content (AvgIpc) is 2.25. The number of ketones is 1. The van der Waals surface area contributed by atoms with Gasteiger partial charge in [0.15, 0.2) is 0 Å². The zero-order chi connectivity index (χ0) is 11.4. The molecule has 0 aliphatic heterocycles. The number of carbonyl (C=O) groups is 1. The van der Waals surface area contributed by atoms with Crippen molar-refractivity contribution < 1.29 is 9.90 Å². The summed E-state index contributed by atoms with van der Waals surface area (Å²) < 4.78 is 0. The Balaban J connectivity index is 3.52. The van der Waals surface area contributed by atoms with Gasteiger partial charge in [0.05, 0.1) is 0 Å². The van der Waals surface area contributed by atoms with E-state index in [-0.39, 0.29) is 12.4 Å². The Morgan fingerprint density at radius 3 is 2.40 bits per heavy atom. The number of hydrogen-bond donors (Lipinski definition) is 1. The van der Waals surface area contributed by atoms with Crippen molar-refractivity contribution in [3.8, 4) is 23.7 Å². The van der Waals surface area contributed by atoms with Crippen molar-refractivity contribution in [1.29, 1.82) is 0 Å². The first-order valence-corrected chi connectivity index (χ1v) is 5.39. The summed E-state index contributed by atoms with van der Waals surface area (Å²) in [6.45, 7) is 2.15. The Hall–Kier alpha value is -1.25. The van der Waals surface area contributed by atoms with Gasteiger partial charge in [-0.3, -0.25) is 4.79 Å². The van der Waals surface area contributed by atoms with Gasteiger partial charge in [-0.2, -0.15) is 0 Å². The number of Topliss-reactive ketones (excluding diaryl/α,β-unsaturated/α-hetero) is 1. The molecule has 2 nitrogen and oxygen atoms in total. The van der Waals surface area contributed by atoms with Crippen LogP contribution in [0.5, 0.6) is 0 Å². The van der Waals surface area contributed by atoms with Crippen molar-refractivity contribution in [2.45, 2.75) is 45.4 Å². The van der Waals surface area contributed by atoms with Crippen molar-refractivity contribution in [1.82, 2.24) is 0 Å². The molecule has 0 saturated carbocycles. The Morgan fingerprint density at radius 1 is 1.13 bits per heavy atom. The molecule has 0 aliphatic rings. The SMILES string of the molecule is CCCC#CC#CCCC(=O)CCCO. The van der Waals surface area contributed by atoms with Gasteiger partial charge in [0.1, 0.15) is 5.78 Å². The van der Waals surface area contributed by atoms with Crippen molar-refractivity contribution in [3.05, 3.63) is 0 Å². The molecule has 0 spiro atoms. The van der Waals surface area contributed by atoms with Gasteiger partial charge in [-0.05, 0) is 24.7 Å². The first-order valence-electron chi connectivity index (χ1n) is 5.39. The molecule has 0 fully saturated rings. The first kappa shape index (κ1) is 13.8. The van der Waals surface area contributed by atoms with Crippen LogP contribution < -0.4 is 0 Å². The number of aliphatic hydroxyl groups excluding tert-OH is 1. The molecule has 0 aromatic rings. The molecule has 0 saturated heterocycles. The molecular formula is C13H18O2. The van der Waals surface area contributed by atoms with Gasteiger partial charge in [-0.15, -0.1) is 0 Å². The van der Waals surface area contributed by atoms with Crippen LogP contribution in [0.4, 0.5) is 0 Å². The second-order valence-electron chi connectivity index (χ2n) is 3.22. The van der Waals surface area contributed by atoms with E-state index in [0.29, 0.717) is 25.7 Å². The summed E-state index contributed by atoms with van der Waals surface area (Å²) in [5.74, 6) is 11.4. The number of unbranched alkanes of at least 4 members (excludes halogenated alkanes) is 1. The Labute approximate surface area is 92.1 Å². The van der Waals surface area contributed by atoms with E-state index in [2.05, 4.69) is 30.6 Å². The maximum Gasteiger partial charge on any atom is 0.133 e. The van der Waals surface area contributed by atoms with Crippen molar-refractivity contribution in [3.63, 3.8) is 0 Å². The number of rotatable bonds is 6. The highest BCUT2D eigenvalue weighted by Crippen LogP contribution is 1.96. The zero-order valence-corrected chi connectivity index (χ0v) is 9.31. The molecular weight excluding hydrogens is 188 g/mol. The molecule has 0 heterocycles. The van der Waals surface area contributed by atoms with E-state index >= 15 is 0 Å². The quantitative estimate of drug-likeness (QED) is 0.674. The topological polar surface area (TPSA) is 37.3 Å². The molecule has 0 amide bonds. The highest BCUT2D eigenvalue weighted by molar-refractivity contribution is 5.78. The van der Waals surface area contributed by atoms with Crippen LogP contribution in [0.15, 0.2) is 0 Å². The van der Waals surface area contributed by atoms with E-state index in [1.807, 2.05) is 0 Å². The second kappa shape index (κ2) is 10.8. The van der Waals surface area contributed by atoms with Gasteiger partial charge in [0.25, 0.3) is 0 Å². The third-order valence-corrected chi connectivity index (χ3v) is 1.76. The molecule has 15 heavy (non-hydrogen) atoms. The molecule has 0 aliphatic carbocycles.